The highest BCUT2D eigenvalue weighted by Gasteiger charge is 2.19. The third kappa shape index (κ3) is 16.3. The van der Waals surface area contributed by atoms with Crippen LogP contribution < -0.4 is 0 Å². The SMILES string of the molecule is C#CC(C)(CC#CCCCCCCCC[CH2])CCCCCCCCC. The second-order valence-corrected chi connectivity index (χ2v) is 7.83. The van der Waals surface area contributed by atoms with Crippen LogP contribution in [0.2, 0.25) is 0 Å². The summed E-state index contributed by atoms with van der Waals surface area (Å²) >= 11 is 0. The van der Waals surface area contributed by atoms with E-state index in [0.717, 1.165) is 25.7 Å². The summed E-state index contributed by atoms with van der Waals surface area (Å²) in [5.41, 5.74) is -0.0232. The Morgan fingerprint density at radius 1 is 0.760 bits per heavy atom. The highest BCUT2D eigenvalue weighted by Crippen LogP contribution is 2.27. The standard InChI is InChI=1S/C25H43/c1-5-8-10-12-14-15-16-18-20-22-24-25(4,7-3)23-21-19-17-13-11-9-6-2/h3H,1,5-6,8-19,21,23-24H2,2,4H3. The first-order valence-corrected chi connectivity index (χ1v) is 10.9. The van der Waals surface area contributed by atoms with Gasteiger partial charge in [0, 0.05) is 18.3 Å². The summed E-state index contributed by atoms with van der Waals surface area (Å²) in [5, 5.41) is 0. The van der Waals surface area contributed by atoms with Crippen molar-refractivity contribution in [1.29, 1.82) is 0 Å². The maximum absolute atomic E-state index is 5.79. The Balaban J connectivity index is 3.69. The van der Waals surface area contributed by atoms with Crippen LogP contribution in [0.4, 0.5) is 0 Å². The van der Waals surface area contributed by atoms with Crippen LogP contribution in [0.15, 0.2) is 0 Å². The molecule has 0 heterocycles. The second-order valence-electron chi connectivity index (χ2n) is 7.83. The summed E-state index contributed by atoms with van der Waals surface area (Å²) in [6.45, 7) is 8.36. The van der Waals surface area contributed by atoms with E-state index >= 15 is 0 Å². The smallest absolute Gasteiger partial charge is 0.0392 e. The third-order valence-corrected chi connectivity index (χ3v) is 5.09. The molecule has 0 bridgehead atoms. The minimum Gasteiger partial charge on any atom is -0.119 e. The van der Waals surface area contributed by atoms with E-state index in [0.29, 0.717) is 0 Å². The lowest BCUT2D eigenvalue weighted by Crippen LogP contribution is -2.12. The summed E-state index contributed by atoms with van der Waals surface area (Å²) in [7, 11) is 0. The van der Waals surface area contributed by atoms with E-state index in [1.165, 1.54) is 83.5 Å². The van der Waals surface area contributed by atoms with Gasteiger partial charge in [0.15, 0.2) is 0 Å². The molecule has 0 saturated carbocycles. The number of hydrogen-bond donors (Lipinski definition) is 0. The van der Waals surface area contributed by atoms with Crippen molar-refractivity contribution in [2.75, 3.05) is 0 Å². The lowest BCUT2D eigenvalue weighted by atomic mass is 9.82. The molecular formula is C25H43. The van der Waals surface area contributed by atoms with Gasteiger partial charge in [0.05, 0.1) is 0 Å². The minimum absolute atomic E-state index is 0.0232. The van der Waals surface area contributed by atoms with Crippen LogP contribution in [0.5, 0.6) is 0 Å². The molecule has 0 spiro atoms. The van der Waals surface area contributed by atoms with E-state index in [1.807, 2.05) is 0 Å². The van der Waals surface area contributed by atoms with E-state index in [-0.39, 0.29) is 5.41 Å². The molecule has 0 aliphatic rings. The topological polar surface area (TPSA) is 0 Å². The zero-order valence-corrected chi connectivity index (χ0v) is 17.3. The third-order valence-electron chi connectivity index (χ3n) is 5.09. The van der Waals surface area contributed by atoms with E-state index in [9.17, 15) is 0 Å². The Bertz CT molecular complexity index is 375. The van der Waals surface area contributed by atoms with E-state index < -0.39 is 0 Å². The van der Waals surface area contributed by atoms with Gasteiger partial charge >= 0.3 is 0 Å². The van der Waals surface area contributed by atoms with E-state index in [4.69, 9.17) is 6.42 Å². The largest absolute Gasteiger partial charge is 0.119 e. The Hall–Kier alpha value is -0.880. The maximum Gasteiger partial charge on any atom is 0.0392 e. The van der Waals surface area contributed by atoms with Crippen molar-refractivity contribution in [3.63, 3.8) is 0 Å². The minimum atomic E-state index is -0.0232. The van der Waals surface area contributed by atoms with Crippen LogP contribution in [0.1, 0.15) is 123 Å². The number of terminal acetylenes is 1. The van der Waals surface area contributed by atoms with Crippen LogP contribution in [0, 0.1) is 36.5 Å². The molecule has 0 rings (SSSR count). The summed E-state index contributed by atoms with van der Waals surface area (Å²) in [5.74, 6) is 9.72. The molecular weight excluding hydrogens is 300 g/mol. The lowest BCUT2D eigenvalue weighted by molar-refractivity contribution is 0.395. The van der Waals surface area contributed by atoms with Crippen LogP contribution in [0.3, 0.4) is 0 Å². The van der Waals surface area contributed by atoms with Crippen molar-refractivity contribution in [1.82, 2.24) is 0 Å². The predicted molar refractivity (Wildman–Crippen MR) is 114 cm³/mol. The number of unbranched alkanes of at least 4 members (excludes halogenated alkanes) is 13. The highest BCUT2D eigenvalue weighted by molar-refractivity contribution is 5.11. The molecule has 1 unspecified atom stereocenters. The fourth-order valence-corrected chi connectivity index (χ4v) is 3.13. The molecule has 0 heteroatoms. The first kappa shape index (κ1) is 24.1. The van der Waals surface area contributed by atoms with Gasteiger partial charge in [0.25, 0.3) is 0 Å². The van der Waals surface area contributed by atoms with Gasteiger partial charge in [0.2, 0.25) is 0 Å². The first-order chi connectivity index (χ1) is 12.2. The quantitative estimate of drug-likeness (QED) is 0.196. The molecule has 1 atom stereocenters. The molecule has 0 aromatic heterocycles. The average molecular weight is 344 g/mol. The predicted octanol–water partition coefficient (Wildman–Crippen LogP) is 8.11. The van der Waals surface area contributed by atoms with Gasteiger partial charge in [-0.15, -0.1) is 18.3 Å². The van der Waals surface area contributed by atoms with Gasteiger partial charge < -0.3 is 0 Å². The molecule has 143 valence electrons. The van der Waals surface area contributed by atoms with Crippen molar-refractivity contribution in [3.05, 3.63) is 6.92 Å². The molecule has 0 nitrogen and oxygen atoms in total. The summed E-state index contributed by atoms with van der Waals surface area (Å²) in [4.78, 5) is 0. The van der Waals surface area contributed by atoms with Crippen molar-refractivity contribution in [2.24, 2.45) is 5.41 Å². The van der Waals surface area contributed by atoms with E-state index in [2.05, 4.69) is 38.5 Å². The first-order valence-electron chi connectivity index (χ1n) is 10.9. The van der Waals surface area contributed by atoms with Crippen LogP contribution in [-0.2, 0) is 0 Å². The van der Waals surface area contributed by atoms with Gasteiger partial charge in [-0.1, -0.05) is 103 Å². The lowest BCUT2D eigenvalue weighted by Gasteiger charge is -2.20. The van der Waals surface area contributed by atoms with Crippen LogP contribution in [-0.4, -0.2) is 0 Å². The normalized spacial score (nSPS) is 12.9. The van der Waals surface area contributed by atoms with Gasteiger partial charge in [-0.3, -0.25) is 0 Å². The highest BCUT2D eigenvalue weighted by atomic mass is 14.2. The van der Waals surface area contributed by atoms with E-state index in [1.54, 1.807) is 0 Å². The van der Waals surface area contributed by atoms with Crippen LogP contribution in [0.25, 0.3) is 0 Å². The molecule has 25 heavy (non-hydrogen) atoms. The van der Waals surface area contributed by atoms with Crippen molar-refractivity contribution >= 4 is 0 Å². The molecule has 0 aliphatic carbocycles. The van der Waals surface area contributed by atoms with Crippen molar-refractivity contribution in [2.45, 2.75) is 123 Å². The Labute approximate surface area is 159 Å². The van der Waals surface area contributed by atoms with Gasteiger partial charge in [-0.2, -0.15) is 0 Å². The molecule has 0 fully saturated rings. The molecule has 0 aromatic carbocycles. The summed E-state index contributed by atoms with van der Waals surface area (Å²) in [6.07, 6.45) is 27.2. The molecule has 0 N–H and O–H groups in total. The Morgan fingerprint density at radius 3 is 1.92 bits per heavy atom. The fraction of sp³-hybridized carbons (Fsp3) is 0.800. The molecule has 0 saturated heterocycles. The van der Waals surface area contributed by atoms with Crippen LogP contribution >= 0.6 is 0 Å². The fourth-order valence-electron chi connectivity index (χ4n) is 3.13. The monoisotopic (exact) mass is 343 g/mol. The molecule has 0 amide bonds. The van der Waals surface area contributed by atoms with Gasteiger partial charge in [0.1, 0.15) is 0 Å². The second kappa shape index (κ2) is 17.9. The molecule has 0 aliphatic heterocycles. The summed E-state index contributed by atoms with van der Waals surface area (Å²) < 4.78 is 0. The maximum atomic E-state index is 5.79. The number of hydrogen-bond acceptors (Lipinski definition) is 0. The zero-order valence-electron chi connectivity index (χ0n) is 17.3. The Kier molecular flexibility index (Phi) is 17.3. The molecule has 0 aromatic rings. The average Bonchev–Trinajstić information content (AvgIpc) is 2.62. The van der Waals surface area contributed by atoms with Gasteiger partial charge in [-0.25, -0.2) is 0 Å². The number of rotatable bonds is 16. The van der Waals surface area contributed by atoms with Crippen molar-refractivity contribution in [3.8, 4) is 24.2 Å². The Morgan fingerprint density at radius 2 is 1.32 bits per heavy atom. The summed E-state index contributed by atoms with van der Waals surface area (Å²) in [6, 6.07) is 0. The zero-order chi connectivity index (χ0) is 18.6. The van der Waals surface area contributed by atoms with Crippen molar-refractivity contribution < 1.29 is 0 Å². The molecule has 1 radical (unpaired) electrons. The van der Waals surface area contributed by atoms with Gasteiger partial charge in [-0.05, 0) is 19.8 Å².